The Morgan fingerprint density at radius 3 is 3.19 bits per heavy atom. The van der Waals surface area contributed by atoms with Gasteiger partial charge < -0.3 is 9.64 Å². The minimum absolute atomic E-state index is 0.0230. The number of carbonyl (C=O) groups excluding carboxylic acids is 1. The number of aromatic nitrogens is 2. The van der Waals surface area contributed by atoms with Crippen molar-refractivity contribution in [2.24, 2.45) is 5.92 Å². The summed E-state index contributed by atoms with van der Waals surface area (Å²) in [6.07, 6.45) is 4.37. The van der Waals surface area contributed by atoms with E-state index in [1.807, 2.05) is 29.9 Å². The minimum Gasteiger partial charge on any atom is -0.381 e. The molecule has 0 spiro atoms. The van der Waals surface area contributed by atoms with Crippen molar-refractivity contribution in [1.82, 2.24) is 12.9 Å². The zero-order chi connectivity index (χ0) is 11.5. The van der Waals surface area contributed by atoms with Crippen LogP contribution in [0.3, 0.4) is 0 Å². The second-order valence-electron chi connectivity index (χ2n) is 4.03. The Morgan fingerprint density at radius 1 is 1.81 bits per heavy atom. The summed E-state index contributed by atoms with van der Waals surface area (Å²) in [5.74, 6) is 0.499. The van der Waals surface area contributed by atoms with Crippen molar-refractivity contribution in [3.05, 3.63) is 18.0 Å². The van der Waals surface area contributed by atoms with Gasteiger partial charge in [-0.1, -0.05) is 0 Å². The van der Waals surface area contributed by atoms with E-state index in [4.69, 9.17) is 4.74 Å². The quantitative estimate of drug-likeness (QED) is 0.780. The van der Waals surface area contributed by atoms with Crippen LogP contribution in [-0.4, -0.2) is 45.6 Å². The zero-order valence-corrected chi connectivity index (χ0v) is 11.3. The second kappa shape index (κ2) is 5.13. The van der Waals surface area contributed by atoms with Crippen molar-refractivity contribution in [2.75, 3.05) is 26.8 Å². The Bertz CT molecular complexity index is 374. The van der Waals surface area contributed by atoms with Crippen molar-refractivity contribution in [3.8, 4) is 0 Å². The predicted octanol–water partition coefficient (Wildman–Crippen LogP) is 1.19. The van der Waals surface area contributed by atoms with Crippen LogP contribution in [0.5, 0.6) is 0 Å². The average molecular weight is 335 g/mol. The summed E-state index contributed by atoms with van der Waals surface area (Å²) in [4.78, 5) is 13.7. The number of amides is 1. The zero-order valence-electron chi connectivity index (χ0n) is 9.10. The third kappa shape index (κ3) is 2.73. The molecule has 1 saturated heterocycles. The van der Waals surface area contributed by atoms with E-state index in [2.05, 4.69) is 5.10 Å². The van der Waals surface area contributed by atoms with Gasteiger partial charge in [0.15, 0.2) is 0 Å². The molecule has 0 radical (unpaired) electrons. The van der Waals surface area contributed by atoms with Crippen molar-refractivity contribution in [1.29, 1.82) is 0 Å². The summed E-state index contributed by atoms with van der Waals surface area (Å²) in [7, 11) is 1.82. The molecule has 0 aliphatic carbocycles. The van der Waals surface area contributed by atoms with Crippen LogP contribution in [0.25, 0.3) is 0 Å². The van der Waals surface area contributed by atoms with E-state index in [1.165, 1.54) is 0 Å². The van der Waals surface area contributed by atoms with Gasteiger partial charge in [-0.25, -0.2) is 2.90 Å². The van der Waals surface area contributed by atoms with Gasteiger partial charge in [0.25, 0.3) is 5.91 Å². The second-order valence-corrected chi connectivity index (χ2v) is 5.02. The molecule has 1 atom stereocenters. The van der Waals surface area contributed by atoms with E-state index in [9.17, 15) is 4.79 Å². The van der Waals surface area contributed by atoms with E-state index in [0.717, 1.165) is 26.2 Å². The molecular weight excluding hydrogens is 321 g/mol. The topological polar surface area (TPSA) is 47.4 Å². The fourth-order valence-corrected chi connectivity index (χ4v) is 2.25. The van der Waals surface area contributed by atoms with Gasteiger partial charge in [-0.05, 0) is 6.42 Å². The van der Waals surface area contributed by atoms with Gasteiger partial charge in [0.1, 0.15) is 0 Å². The standard InChI is InChI=1S/C10H14IN3O2/c1-13(5-8-2-3-16-7-8)10(15)9-4-12-14(11)6-9/h4,6,8H,2-3,5,7H2,1H3. The third-order valence-corrected chi connectivity index (χ3v) is 3.23. The van der Waals surface area contributed by atoms with Crippen LogP contribution in [-0.2, 0) is 4.74 Å². The molecule has 1 aromatic rings. The van der Waals surface area contributed by atoms with Crippen LogP contribution in [0.2, 0.25) is 0 Å². The Labute approximate surface area is 108 Å². The lowest BCUT2D eigenvalue weighted by molar-refractivity contribution is 0.0766. The highest BCUT2D eigenvalue weighted by atomic mass is 127. The maximum atomic E-state index is 12.0. The van der Waals surface area contributed by atoms with Crippen molar-refractivity contribution < 1.29 is 9.53 Å². The maximum Gasteiger partial charge on any atom is 0.256 e. The molecule has 0 aromatic carbocycles. The number of rotatable bonds is 3. The first kappa shape index (κ1) is 11.8. The lowest BCUT2D eigenvalue weighted by Crippen LogP contribution is -2.31. The molecule has 1 aromatic heterocycles. The van der Waals surface area contributed by atoms with Crippen molar-refractivity contribution in [2.45, 2.75) is 6.42 Å². The SMILES string of the molecule is CN(CC1CCOC1)C(=O)c1cnn(I)c1. The Balaban J connectivity index is 1.93. The first-order valence-corrected chi connectivity index (χ1v) is 6.17. The molecule has 6 heteroatoms. The van der Waals surface area contributed by atoms with Crippen molar-refractivity contribution in [3.63, 3.8) is 0 Å². The summed E-state index contributed by atoms with van der Waals surface area (Å²) in [5, 5.41) is 3.98. The number of halogens is 1. The molecule has 0 bridgehead atoms. The van der Waals surface area contributed by atoms with E-state index in [0.29, 0.717) is 11.5 Å². The van der Waals surface area contributed by atoms with E-state index in [1.54, 1.807) is 20.2 Å². The van der Waals surface area contributed by atoms with Gasteiger partial charge in [-0.3, -0.25) is 4.79 Å². The van der Waals surface area contributed by atoms with Crippen LogP contribution in [0.15, 0.2) is 12.4 Å². The predicted molar refractivity (Wildman–Crippen MR) is 67.5 cm³/mol. The summed E-state index contributed by atoms with van der Waals surface area (Å²) in [5.41, 5.74) is 0.635. The normalized spacial score (nSPS) is 20.0. The number of nitrogens with zero attached hydrogens (tertiary/aromatic N) is 3. The van der Waals surface area contributed by atoms with Crippen molar-refractivity contribution >= 4 is 28.8 Å². The lowest BCUT2D eigenvalue weighted by Gasteiger charge is -2.19. The molecule has 2 rings (SSSR count). The van der Waals surface area contributed by atoms with E-state index in [-0.39, 0.29) is 5.91 Å². The Hall–Kier alpha value is -0.630. The van der Waals surface area contributed by atoms with Crippen LogP contribution >= 0.6 is 22.9 Å². The van der Waals surface area contributed by atoms with E-state index < -0.39 is 0 Å². The fourth-order valence-electron chi connectivity index (χ4n) is 1.83. The highest BCUT2D eigenvalue weighted by Crippen LogP contribution is 2.14. The smallest absolute Gasteiger partial charge is 0.256 e. The molecule has 5 nitrogen and oxygen atoms in total. The maximum absolute atomic E-state index is 12.0. The molecular formula is C10H14IN3O2. The van der Waals surface area contributed by atoms with Gasteiger partial charge in [0.05, 0.1) is 41.2 Å². The molecule has 2 heterocycles. The first-order chi connectivity index (χ1) is 7.66. The molecule has 0 N–H and O–H groups in total. The fraction of sp³-hybridized carbons (Fsp3) is 0.600. The molecule has 1 fully saturated rings. The van der Waals surface area contributed by atoms with E-state index >= 15 is 0 Å². The van der Waals surface area contributed by atoms with Gasteiger partial charge in [-0.15, -0.1) is 0 Å². The number of ether oxygens (including phenoxy) is 1. The van der Waals surface area contributed by atoms with Crippen LogP contribution in [0, 0.1) is 5.92 Å². The summed E-state index contributed by atoms with van der Waals surface area (Å²) < 4.78 is 6.90. The number of hydrogen-bond acceptors (Lipinski definition) is 3. The Morgan fingerprint density at radius 2 is 2.62 bits per heavy atom. The highest BCUT2D eigenvalue weighted by Gasteiger charge is 2.21. The molecule has 88 valence electrons. The summed E-state index contributed by atoms with van der Waals surface area (Å²) in [6, 6.07) is 0. The van der Waals surface area contributed by atoms with Gasteiger partial charge in [0, 0.05) is 32.3 Å². The molecule has 1 aliphatic heterocycles. The monoisotopic (exact) mass is 335 g/mol. The van der Waals surface area contributed by atoms with Crippen LogP contribution < -0.4 is 0 Å². The third-order valence-electron chi connectivity index (χ3n) is 2.70. The van der Waals surface area contributed by atoms with Gasteiger partial charge in [-0.2, -0.15) is 5.10 Å². The summed E-state index contributed by atoms with van der Waals surface area (Å²) >= 11 is 2.02. The first-order valence-electron chi connectivity index (χ1n) is 5.21. The number of carbonyl (C=O) groups is 1. The number of hydrogen-bond donors (Lipinski definition) is 0. The molecule has 0 saturated carbocycles. The minimum atomic E-state index is 0.0230. The highest BCUT2D eigenvalue weighted by molar-refractivity contribution is 14.1. The molecule has 1 unspecified atom stereocenters. The Kier molecular flexibility index (Phi) is 3.80. The molecule has 1 amide bonds. The lowest BCUT2D eigenvalue weighted by atomic mass is 10.1. The molecule has 1 aliphatic rings. The van der Waals surface area contributed by atoms with Crippen LogP contribution in [0.1, 0.15) is 16.8 Å². The van der Waals surface area contributed by atoms with Gasteiger partial charge in [0.2, 0.25) is 0 Å². The average Bonchev–Trinajstić information content (AvgIpc) is 2.88. The largest absolute Gasteiger partial charge is 0.381 e. The van der Waals surface area contributed by atoms with Gasteiger partial charge >= 0.3 is 0 Å². The van der Waals surface area contributed by atoms with Crippen LogP contribution in [0.4, 0.5) is 0 Å². The molecule has 16 heavy (non-hydrogen) atoms. The summed E-state index contributed by atoms with van der Waals surface area (Å²) in [6.45, 7) is 2.34.